The Morgan fingerprint density at radius 1 is 1.22 bits per heavy atom. The number of fused-ring (bicyclic) bond motifs is 3. The zero-order chi connectivity index (χ0) is 12.5. The summed E-state index contributed by atoms with van der Waals surface area (Å²) in [4.78, 5) is 15.0. The Kier molecular flexibility index (Phi) is 2.67. The molecule has 3 heteroatoms. The molecule has 0 spiro atoms. The summed E-state index contributed by atoms with van der Waals surface area (Å²) in [6, 6.07) is 9.58. The standard InChI is InChI=1S/C15H15NO2/c1-2-3-8-13-15-11(9-14(17)18-13)10-6-4-5-7-12(10)16-15/h4-7,9,16H,2-3,8H2,1H3. The average molecular weight is 241 g/mol. The van der Waals surface area contributed by atoms with Gasteiger partial charge in [-0.3, -0.25) is 0 Å². The van der Waals surface area contributed by atoms with E-state index in [2.05, 4.69) is 11.9 Å². The molecule has 2 aromatic heterocycles. The number of aryl methyl sites for hydroxylation is 1. The molecule has 0 saturated heterocycles. The summed E-state index contributed by atoms with van der Waals surface area (Å²) in [5, 5.41) is 2.05. The maximum Gasteiger partial charge on any atom is 0.336 e. The highest BCUT2D eigenvalue weighted by Gasteiger charge is 2.10. The van der Waals surface area contributed by atoms with Crippen LogP contribution in [0.1, 0.15) is 25.5 Å². The molecule has 0 aliphatic carbocycles. The van der Waals surface area contributed by atoms with E-state index in [0.717, 1.165) is 46.8 Å². The predicted molar refractivity (Wildman–Crippen MR) is 73.0 cm³/mol. The molecule has 0 radical (unpaired) electrons. The monoisotopic (exact) mass is 241 g/mol. The van der Waals surface area contributed by atoms with Crippen molar-refractivity contribution in [3.05, 3.63) is 46.5 Å². The van der Waals surface area contributed by atoms with E-state index in [4.69, 9.17) is 4.42 Å². The Labute approximate surface area is 104 Å². The van der Waals surface area contributed by atoms with Gasteiger partial charge in [0.1, 0.15) is 5.76 Å². The smallest absolute Gasteiger partial charge is 0.336 e. The number of benzene rings is 1. The minimum atomic E-state index is -0.265. The molecule has 3 nitrogen and oxygen atoms in total. The van der Waals surface area contributed by atoms with Crippen LogP contribution in [0.25, 0.3) is 21.8 Å². The van der Waals surface area contributed by atoms with Crippen LogP contribution in [0, 0.1) is 0 Å². The van der Waals surface area contributed by atoms with Gasteiger partial charge in [0.15, 0.2) is 0 Å². The highest BCUT2D eigenvalue weighted by molar-refractivity contribution is 6.07. The molecule has 3 rings (SSSR count). The van der Waals surface area contributed by atoms with Crippen LogP contribution >= 0.6 is 0 Å². The third-order valence-corrected chi connectivity index (χ3v) is 3.27. The van der Waals surface area contributed by atoms with Gasteiger partial charge in [0.2, 0.25) is 0 Å². The van der Waals surface area contributed by atoms with Crippen LogP contribution in [0.3, 0.4) is 0 Å². The summed E-state index contributed by atoms with van der Waals surface area (Å²) in [6.45, 7) is 2.13. The highest BCUT2D eigenvalue weighted by Crippen LogP contribution is 2.26. The number of nitrogens with one attached hydrogen (secondary N) is 1. The fourth-order valence-electron chi connectivity index (χ4n) is 2.37. The van der Waals surface area contributed by atoms with E-state index in [1.165, 1.54) is 0 Å². The number of H-pyrrole nitrogens is 1. The lowest BCUT2D eigenvalue weighted by Crippen LogP contribution is -2.00. The van der Waals surface area contributed by atoms with Gasteiger partial charge in [-0.1, -0.05) is 31.5 Å². The van der Waals surface area contributed by atoms with E-state index in [1.807, 2.05) is 24.3 Å². The normalized spacial score (nSPS) is 11.4. The largest absolute Gasteiger partial charge is 0.426 e. The number of rotatable bonds is 3. The third kappa shape index (κ3) is 1.72. The van der Waals surface area contributed by atoms with Gasteiger partial charge in [-0.2, -0.15) is 0 Å². The molecule has 1 N–H and O–H groups in total. The molecule has 1 aromatic carbocycles. The second-order valence-corrected chi connectivity index (χ2v) is 4.55. The molecule has 2 heterocycles. The first kappa shape index (κ1) is 11.1. The average Bonchev–Trinajstić information content (AvgIpc) is 2.75. The maximum atomic E-state index is 11.6. The van der Waals surface area contributed by atoms with E-state index < -0.39 is 0 Å². The molecule has 0 unspecified atom stereocenters. The van der Waals surface area contributed by atoms with Crippen LogP contribution in [-0.2, 0) is 6.42 Å². The number of hydrogen-bond acceptors (Lipinski definition) is 2. The van der Waals surface area contributed by atoms with Crippen LogP contribution in [0.15, 0.2) is 39.5 Å². The first-order valence-corrected chi connectivity index (χ1v) is 6.33. The summed E-state index contributed by atoms with van der Waals surface area (Å²) in [6.07, 6.45) is 2.91. The molecule has 0 amide bonds. The van der Waals surface area contributed by atoms with Crippen LogP contribution in [0.4, 0.5) is 0 Å². The van der Waals surface area contributed by atoms with E-state index in [9.17, 15) is 4.79 Å². The zero-order valence-electron chi connectivity index (χ0n) is 10.3. The zero-order valence-corrected chi connectivity index (χ0v) is 10.3. The number of aromatic nitrogens is 1. The van der Waals surface area contributed by atoms with Gasteiger partial charge in [0.05, 0.1) is 5.52 Å². The molecule has 18 heavy (non-hydrogen) atoms. The quantitative estimate of drug-likeness (QED) is 0.761. The second kappa shape index (κ2) is 4.33. The number of aromatic amines is 1. The lowest BCUT2D eigenvalue weighted by Gasteiger charge is -1.99. The van der Waals surface area contributed by atoms with E-state index in [-0.39, 0.29) is 5.63 Å². The molecular weight excluding hydrogens is 226 g/mol. The lowest BCUT2D eigenvalue weighted by molar-refractivity contribution is 0.460. The lowest BCUT2D eigenvalue weighted by atomic mass is 10.1. The Morgan fingerprint density at radius 3 is 2.89 bits per heavy atom. The van der Waals surface area contributed by atoms with Crippen molar-refractivity contribution in [2.45, 2.75) is 26.2 Å². The first-order chi connectivity index (χ1) is 8.79. The summed E-state index contributed by atoms with van der Waals surface area (Å²) >= 11 is 0. The van der Waals surface area contributed by atoms with Crippen LogP contribution in [-0.4, -0.2) is 4.98 Å². The van der Waals surface area contributed by atoms with Crippen LogP contribution in [0.5, 0.6) is 0 Å². The molecule has 0 aliphatic rings. The summed E-state index contributed by atoms with van der Waals surface area (Å²) in [5.74, 6) is 0.774. The van der Waals surface area contributed by atoms with Gasteiger partial charge in [-0.25, -0.2) is 4.79 Å². The van der Waals surface area contributed by atoms with Crippen LogP contribution < -0.4 is 5.63 Å². The molecule has 0 saturated carbocycles. The van der Waals surface area contributed by atoms with Crippen molar-refractivity contribution < 1.29 is 4.42 Å². The molecule has 0 bridgehead atoms. The highest BCUT2D eigenvalue weighted by atomic mass is 16.4. The molecule has 92 valence electrons. The molecule has 0 aliphatic heterocycles. The molecule has 0 atom stereocenters. The van der Waals surface area contributed by atoms with Crippen molar-refractivity contribution in [3.8, 4) is 0 Å². The number of para-hydroxylation sites is 1. The minimum Gasteiger partial charge on any atom is -0.426 e. The second-order valence-electron chi connectivity index (χ2n) is 4.55. The van der Waals surface area contributed by atoms with Gasteiger partial charge < -0.3 is 9.40 Å². The van der Waals surface area contributed by atoms with Gasteiger partial charge >= 0.3 is 5.63 Å². The predicted octanol–water partition coefficient (Wildman–Crippen LogP) is 3.62. The summed E-state index contributed by atoms with van der Waals surface area (Å²) in [5.41, 5.74) is 1.74. The molecule has 0 fully saturated rings. The first-order valence-electron chi connectivity index (χ1n) is 6.33. The van der Waals surface area contributed by atoms with Crippen molar-refractivity contribution in [2.24, 2.45) is 0 Å². The van der Waals surface area contributed by atoms with Crippen molar-refractivity contribution in [1.82, 2.24) is 4.98 Å². The fraction of sp³-hybridized carbons (Fsp3) is 0.267. The fourth-order valence-corrected chi connectivity index (χ4v) is 2.37. The number of hydrogen-bond donors (Lipinski definition) is 1. The van der Waals surface area contributed by atoms with E-state index in [1.54, 1.807) is 6.07 Å². The Morgan fingerprint density at radius 2 is 2.06 bits per heavy atom. The van der Waals surface area contributed by atoms with Gasteiger partial charge in [-0.15, -0.1) is 0 Å². The van der Waals surface area contributed by atoms with E-state index in [0.29, 0.717) is 0 Å². The van der Waals surface area contributed by atoms with Gasteiger partial charge in [0.25, 0.3) is 0 Å². The summed E-state index contributed by atoms with van der Waals surface area (Å²) in [7, 11) is 0. The van der Waals surface area contributed by atoms with Crippen molar-refractivity contribution >= 4 is 21.8 Å². The topological polar surface area (TPSA) is 46.0 Å². The van der Waals surface area contributed by atoms with Crippen molar-refractivity contribution in [1.29, 1.82) is 0 Å². The van der Waals surface area contributed by atoms with Crippen LogP contribution in [0.2, 0.25) is 0 Å². The third-order valence-electron chi connectivity index (χ3n) is 3.27. The maximum absolute atomic E-state index is 11.6. The Balaban J connectivity index is 2.32. The Hall–Kier alpha value is -2.03. The number of unbranched alkanes of at least 4 members (excludes halogenated alkanes) is 1. The summed E-state index contributed by atoms with van der Waals surface area (Å²) < 4.78 is 5.34. The van der Waals surface area contributed by atoms with E-state index >= 15 is 0 Å². The van der Waals surface area contributed by atoms with Crippen molar-refractivity contribution in [3.63, 3.8) is 0 Å². The molecular formula is C15H15NO2. The van der Waals surface area contributed by atoms with Gasteiger partial charge in [0, 0.05) is 28.8 Å². The molecule has 3 aromatic rings. The Bertz CT molecular complexity index is 752. The van der Waals surface area contributed by atoms with Crippen molar-refractivity contribution in [2.75, 3.05) is 0 Å². The van der Waals surface area contributed by atoms with Gasteiger partial charge in [-0.05, 0) is 12.5 Å². The SMILES string of the molecule is CCCCc1oc(=O)cc2c1[nH]c1ccccc12. The minimum absolute atomic E-state index is 0.265.